The highest BCUT2D eigenvalue weighted by atomic mass is 16.5. The number of amides is 2. The van der Waals surface area contributed by atoms with Gasteiger partial charge in [0, 0.05) is 31.5 Å². The third-order valence-electron chi connectivity index (χ3n) is 5.63. The summed E-state index contributed by atoms with van der Waals surface area (Å²) in [7, 11) is 3.36. The van der Waals surface area contributed by atoms with E-state index >= 15 is 0 Å². The highest BCUT2D eigenvalue weighted by Gasteiger charge is 2.28. The van der Waals surface area contributed by atoms with Crippen molar-refractivity contribution in [2.45, 2.75) is 25.9 Å². The summed E-state index contributed by atoms with van der Waals surface area (Å²) in [5.74, 6) is 0.840. The monoisotopic (exact) mass is 433 g/mol. The molecule has 3 aromatic rings. The van der Waals surface area contributed by atoms with Crippen molar-refractivity contribution in [3.63, 3.8) is 0 Å². The first kappa shape index (κ1) is 21.5. The molecule has 1 unspecified atom stereocenters. The van der Waals surface area contributed by atoms with Crippen molar-refractivity contribution < 1.29 is 18.7 Å². The molecule has 0 bridgehead atoms. The highest BCUT2D eigenvalue weighted by Crippen LogP contribution is 2.33. The number of rotatable bonds is 7. The lowest BCUT2D eigenvalue weighted by atomic mass is 10.1. The van der Waals surface area contributed by atoms with Gasteiger partial charge in [-0.1, -0.05) is 18.2 Å². The van der Waals surface area contributed by atoms with Crippen molar-refractivity contribution in [1.82, 2.24) is 4.90 Å². The van der Waals surface area contributed by atoms with Crippen molar-refractivity contribution in [2.75, 3.05) is 30.9 Å². The Morgan fingerprint density at radius 1 is 1.12 bits per heavy atom. The predicted octanol–water partition coefficient (Wildman–Crippen LogP) is 3.95. The van der Waals surface area contributed by atoms with Gasteiger partial charge < -0.3 is 24.3 Å². The van der Waals surface area contributed by atoms with Gasteiger partial charge in [-0.15, -0.1) is 0 Å². The van der Waals surface area contributed by atoms with Crippen LogP contribution in [0.3, 0.4) is 0 Å². The van der Waals surface area contributed by atoms with E-state index in [1.54, 1.807) is 50.7 Å². The van der Waals surface area contributed by atoms with Gasteiger partial charge in [0.25, 0.3) is 11.8 Å². The lowest BCUT2D eigenvalue weighted by Gasteiger charge is -2.24. The van der Waals surface area contributed by atoms with Crippen LogP contribution in [0, 0.1) is 0 Å². The second-order valence-corrected chi connectivity index (χ2v) is 8.12. The van der Waals surface area contributed by atoms with E-state index in [0.717, 1.165) is 6.42 Å². The number of ether oxygens (including phenoxy) is 1. The average Bonchev–Trinajstić information content (AvgIpc) is 3.37. The first-order valence-electron chi connectivity index (χ1n) is 10.6. The van der Waals surface area contributed by atoms with E-state index in [1.807, 2.05) is 6.07 Å². The standard InChI is InChI=1S/C25H27N3O4/c1-17-14-18-6-4-5-7-22(18)28(17)15-23-21(12-13-31-23)25(30)26-19-8-10-20(11-9-19)32-16-24(29)27(2)3/h4-13,17H,14-16H2,1-3H3,(H,26,30). The minimum atomic E-state index is -0.231. The van der Waals surface area contributed by atoms with Crippen LogP contribution in [0.5, 0.6) is 5.75 Å². The number of carbonyl (C=O) groups is 2. The first-order chi connectivity index (χ1) is 15.4. The number of fused-ring (bicyclic) bond motifs is 1. The van der Waals surface area contributed by atoms with Gasteiger partial charge in [-0.3, -0.25) is 9.59 Å². The zero-order valence-corrected chi connectivity index (χ0v) is 18.5. The topological polar surface area (TPSA) is 75.0 Å². The minimum Gasteiger partial charge on any atom is -0.484 e. The molecule has 1 aliphatic heterocycles. The summed E-state index contributed by atoms with van der Waals surface area (Å²) in [5.41, 5.74) is 3.64. The van der Waals surface area contributed by atoms with Crippen LogP contribution >= 0.6 is 0 Å². The molecule has 7 heteroatoms. The summed E-state index contributed by atoms with van der Waals surface area (Å²) >= 11 is 0. The molecule has 0 aliphatic carbocycles. The second-order valence-electron chi connectivity index (χ2n) is 8.12. The Morgan fingerprint density at radius 3 is 2.62 bits per heavy atom. The number of anilines is 2. The van der Waals surface area contributed by atoms with Crippen molar-refractivity contribution in [2.24, 2.45) is 0 Å². The molecule has 1 aromatic heterocycles. The molecular weight excluding hydrogens is 406 g/mol. The van der Waals surface area contributed by atoms with Gasteiger partial charge in [0.1, 0.15) is 11.5 Å². The molecule has 7 nitrogen and oxygen atoms in total. The van der Waals surface area contributed by atoms with Gasteiger partial charge in [-0.25, -0.2) is 0 Å². The average molecular weight is 434 g/mol. The molecule has 4 rings (SSSR count). The molecule has 0 radical (unpaired) electrons. The van der Waals surface area contributed by atoms with Crippen LogP contribution in [0.15, 0.2) is 65.3 Å². The number of hydrogen-bond acceptors (Lipinski definition) is 5. The molecule has 0 fully saturated rings. The maximum atomic E-state index is 12.9. The van der Waals surface area contributed by atoms with Gasteiger partial charge >= 0.3 is 0 Å². The third-order valence-corrected chi connectivity index (χ3v) is 5.63. The maximum absolute atomic E-state index is 12.9. The molecule has 2 heterocycles. The first-order valence-corrected chi connectivity index (χ1v) is 10.6. The highest BCUT2D eigenvalue weighted by molar-refractivity contribution is 6.05. The molecule has 0 saturated carbocycles. The van der Waals surface area contributed by atoms with Gasteiger partial charge in [0.2, 0.25) is 0 Å². The molecular formula is C25H27N3O4. The third kappa shape index (κ3) is 4.61. The zero-order chi connectivity index (χ0) is 22.7. The summed E-state index contributed by atoms with van der Waals surface area (Å²) in [4.78, 5) is 28.3. The van der Waals surface area contributed by atoms with E-state index in [9.17, 15) is 9.59 Å². The van der Waals surface area contributed by atoms with E-state index in [2.05, 4.69) is 35.3 Å². The normalized spacial score (nSPS) is 14.7. The summed E-state index contributed by atoms with van der Waals surface area (Å²) in [6, 6.07) is 17.3. The van der Waals surface area contributed by atoms with E-state index in [-0.39, 0.29) is 18.4 Å². The Bertz CT molecular complexity index is 1100. The fraction of sp³-hybridized carbons (Fsp3) is 0.280. The summed E-state index contributed by atoms with van der Waals surface area (Å²) in [6.45, 7) is 2.67. The minimum absolute atomic E-state index is 0.0326. The summed E-state index contributed by atoms with van der Waals surface area (Å²) in [6.07, 6.45) is 2.53. The van der Waals surface area contributed by atoms with Gasteiger partial charge in [0.15, 0.2) is 6.61 Å². The van der Waals surface area contributed by atoms with Crippen molar-refractivity contribution in [1.29, 1.82) is 0 Å². The zero-order valence-electron chi connectivity index (χ0n) is 18.5. The quantitative estimate of drug-likeness (QED) is 0.611. The lowest BCUT2D eigenvalue weighted by molar-refractivity contribution is -0.130. The number of likely N-dealkylation sites (N-methyl/N-ethyl adjacent to an activating group) is 1. The van der Waals surface area contributed by atoms with Crippen molar-refractivity contribution >= 4 is 23.2 Å². The van der Waals surface area contributed by atoms with Gasteiger partial charge in [0.05, 0.1) is 18.4 Å². The number of benzene rings is 2. The van der Waals surface area contributed by atoms with Crippen LogP contribution in [0.2, 0.25) is 0 Å². The van der Waals surface area contributed by atoms with Gasteiger partial charge in [-0.05, 0) is 55.3 Å². The smallest absolute Gasteiger partial charge is 0.259 e. The number of furan rings is 1. The fourth-order valence-electron chi connectivity index (χ4n) is 3.80. The molecule has 0 spiro atoms. The van der Waals surface area contributed by atoms with Crippen LogP contribution in [0.1, 0.15) is 28.6 Å². The number of carbonyl (C=O) groups excluding carboxylic acids is 2. The SMILES string of the molecule is CC1Cc2ccccc2N1Cc1occc1C(=O)Nc1ccc(OCC(=O)N(C)C)cc1. The number of hydrogen-bond donors (Lipinski definition) is 1. The molecule has 32 heavy (non-hydrogen) atoms. The maximum Gasteiger partial charge on any atom is 0.259 e. The molecule has 1 atom stereocenters. The number of nitrogens with zero attached hydrogens (tertiary/aromatic N) is 2. The van der Waals surface area contributed by atoms with E-state index in [0.29, 0.717) is 35.3 Å². The Hall–Kier alpha value is -3.74. The van der Waals surface area contributed by atoms with Crippen LogP contribution in [0.4, 0.5) is 11.4 Å². The Kier molecular flexibility index (Phi) is 6.16. The van der Waals surface area contributed by atoms with Crippen LogP contribution in [-0.2, 0) is 17.8 Å². The molecule has 2 aromatic carbocycles. The largest absolute Gasteiger partial charge is 0.484 e. The molecule has 2 amide bonds. The summed E-state index contributed by atoms with van der Waals surface area (Å²) < 4.78 is 11.2. The summed E-state index contributed by atoms with van der Waals surface area (Å²) in [5, 5.41) is 2.90. The van der Waals surface area contributed by atoms with Crippen LogP contribution in [-0.4, -0.2) is 43.5 Å². The van der Waals surface area contributed by atoms with E-state index in [4.69, 9.17) is 9.15 Å². The number of nitrogens with one attached hydrogen (secondary N) is 1. The predicted molar refractivity (Wildman–Crippen MR) is 123 cm³/mol. The van der Waals surface area contributed by atoms with Crippen molar-refractivity contribution in [3.05, 3.63) is 77.7 Å². The van der Waals surface area contributed by atoms with Crippen molar-refractivity contribution in [3.8, 4) is 5.75 Å². The molecule has 0 saturated heterocycles. The molecule has 1 aliphatic rings. The van der Waals surface area contributed by atoms with Crippen LogP contribution < -0.4 is 15.0 Å². The van der Waals surface area contributed by atoms with Gasteiger partial charge in [-0.2, -0.15) is 0 Å². The second kappa shape index (κ2) is 9.18. The van der Waals surface area contributed by atoms with Crippen LogP contribution in [0.25, 0.3) is 0 Å². The fourth-order valence-corrected chi connectivity index (χ4v) is 3.80. The van der Waals surface area contributed by atoms with E-state index < -0.39 is 0 Å². The Morgan fingerprint density at radius 2 is 1.88 bits per heavy atom. The molecule has 1 N–H and O–H groups in total. The Labute approximate surface area is 187 Å². The van der Waals surface area contributed by atoms with E-state index in [1.165, 1.54) is 16.2 Å². The number of para-hydroxylation sites is 1. The molecule has 166 valence electrons. The Balaban J connectivity index is 1.40. The lowest BCUT2D eigenvalue weighted by Crippen LogP contribution is -2.29.